The Hall–Kier alpha value is -4.20. The number of carbonyl (C=O) groups excluding carboxylic acids is 2. The summed E-state index contributed by atoms with van der Waals surface area (Å²) in [4.78, 5) is 31.7. The summed E-state index contributed by atoms with van der Waals surface area (Å²) in [5, 5.41) is 30.7. The van der Waals surface area contributed by atoms with Crippen LogP contribution < -0.4 is 5.32 Å². The van der Waals surface area contributed by atoms with Gasteiger partial charge in [-0.1, -0.05) is 0 Å². The zero-order valence-electron chi connectivity index (χ0n) is 22.3. The molecule has 3 aromatic rings. The second kappa shape index (κ2) is 9.84. The monoisotopic (exact) mass is 534 g/mol. The average molecular weight is 535 g/mol. The zero-order valence-corrected chi connectivity index (χ0v) is 22.3. The van der Waals surface area contributed by atoms with Crippen LogP contribution in [0.1, 0.15) is 62.8 Å². The third-order valence-electron chi connectivity index (χ3n) is 7.24. The van der Waals surface area contributed by atoms with Crippen LogP contribution in [0.3, 0.4) is 0 Å². The Labute approximate surface area is 225 Å². The summed E-state index contributed by atoms with van der Waals surface area (Å²) in [6.07, 6.45) is 1.43. The van der Waals surface area contributed by atoms with E-state index in [0.29, 0.717) is 54.6 Å². The predicted octanol–water partition coefficient (Wildman–Crippen LogP) is 4.27. The molecule has 0 radical (unpaired) electrons. The van der Waals surface area contributed by atoms with E-state index in [9.17, 15) is 24.3 Å². The maximum Gasteiger partial charge on any atom is 0.410 e. The standard InChI is InChI=1S/C28H31FN6O4/c1-14-22-23(20(13-30)24(32-25(22)34-33-14)17-6-5-16(36)11-21(17)29)18-12-19(18)26(37)31-15-7-9-35(10-8-15)27(38)39-28(2,3)4/h5-6,11,15,18-19,36H,7-10,12H2,1-4H3,(H,31,37)(H,32,33,34)/t18-,19-/m1/s1. The van der Waals surface area contributed by atoms with Crippen molar-refractivity contribution in [1.82, 2.24) is 25.4 Å². The molecule has 39 heavy (non-hydrogen) atoms. The molecular weight excluding hydrogens is 503 g/mol. The number of pyridine rings is 1. The molecule has 1 saturated carbocycles. The number of carbonyl (C=O) groups is 2. The Kier molecular flexibility index (Phi) is 6.66. The molecule has 2 atom stereocenters. The Morgan fingerprint density at radius 2 is 2.00 bits per heavy atom. The van der Waals surface area contributed by atoms with Crippen LogP contribution in [0.25, 0.3) is 22.3 Å². The van der Waals surface area contributed by atoms with E-state index in [1.807, 2.05) is 20.8 Å². The van der Waals surface area contributed by atoms with E-state index in [0.717, 1.165) is 6.07 Å². The number of likely N-dealkylation sites (tertiary alicyclic amines) is 1. The van der Waals surface area contributed by atoms with Crippen molar-refractivity contribution in [3.05, 3.63) is 40.8 Å². The fourth-order valence-corrected chi connectivity index (χ4v) is 5.26. The van der Waals surface area contributed by atoms with Gasteiger partial charge < -0.3 is 20.1 Å². The molecule has 0 bridgehead atoms. The summed E-state index contributed by atoms with van der Waals surface area (Å²) < 4.78 is 20.2. The van der Waals surface area contributed by atoms with Crippen LogP contribution in [-0.4, -0.2) is 61.9 Å². The topological polar surface area (TPSA) is 144 Å². The number of hydrogen-bond donors (Lipinski definition) is 3. The maximum atomic E-state index is 14.8. The SMILES string of the molecule is Cc1n[nH]c2nc(-c3ccc(O)cc3F)c(C#N)c([C@@H]3C[C@H]3C(=O)NC3CCN(C(=O)OC(C)(C)C)CC3)c12. The van der Waals surface area contributed by atoms with Gasteiger partial charge in [-0.25, -0.2) is 14.2 Å². The van der Waals surface area contributed by atoms with Gasteiger partial charge in [-0.15, -0.1) is 0 Å². The van der Waals surface area contributed by atoms with Gasteiger partial charge in [0.1, 0.15) is 23.2 Å². The van der Waals surface area contributed by atoms with Crippen LogP contribution in [0.4, 0.5) is 9.18 Å². The quantitative estimate of drug-likeness (QED) is 0.453. The Bertz CT molecular complexity index is 1500. The molecule has 204 valence electrons. The molecule has 1 saturated heterocycles. The number of phenols is 1. The van der Waals surface area contributed by atoms with Gasteiger partial charge in [0.05, 0.1) is 17.0 Å². The van der Waals surface area contributed by atoms with E-state index in [4.69, 9.17) is 4.74 Å². The van der Waals surface area contributed by atoms with Crippen molar-refractivity contribution in [2.24, 2.45) is 5.92 Å². The molecule has 3 heterocycles. The molecule has 2 amide bonds. The third kappa shape index (κ3) is 5.24. The van der Waals surface area contributed by atoms with Gasteiger partial charge in [0.2, 0.25) is 5.91 Å². The number of piperidine rings is 1. The lowest BCUT2D eigenvalue weighted by molar-refractivity contribution is -0.123. The number of aromatic amines is 1. The number of hydrogen-bond acceptors (Lipinski definition) is 7. The van der Waals surface area contributed by atoms with E-state index >= 15 is 0 Å². The lowest BCUT2D eigenvalue weighted by Crippen LogP contribution is -2.48. The molecule has 3 N–H and O–H groups in total. The van der Waals surface area contributed by atoms with Crippen molar-refractivity contribution < 1.29 is 23.8 Å². The van der Waals surface area contributed by atoms with Crippen molar-refractivity contribution in [1.29, 1.82) is 5.26 Å². The average Bonchev–Trinajstić information content (AvgIpc) is 3.58. The Morgan fingerprint density at radius 3 is 2.64 bits per heavy atom. The second-order valence-electron chi connectivity index (χ2n) is 11.3. The first-order valence-electron chi connectivity index (χ1n) is 13.0. The van der Waals surface area contributed by atoms with E-state index in [2.05, 4.69) is 26.6 Å². The first-order valence-corrected chi connectivity index (χ1v) is 13.0. The highest BCUT2D eigenvalue weighted by Crippen LogP contribution is 2.52. The highest BCUT2D eigenvalue weighted by Gasteiger charge is 2.47. The predicted molar refractivity (Wildman–Crippen MR) is 140 cm³/mol. The van der Waals surface area contributed by atoms with Gasteiger partial charge in [-0.2, -0.15) is 10.4 Å². The number of halogens is 1. The first kappa shape index (κ1) is 26.4. The molecule has 0 spiro atoms. The van der Waals surface area contributed by atoms with Crippen LogP contribution in [0.15, 0.2) is 18.2 Å². The molecule has 2 aliphatic rings. The summed E-state index contributed by atoms with van der Waals surface area (Å²) in [6, 6.07) is 5.82. The number of nitrogens with zero attached hydrogens (tertiary/aromatic N) is 4. The Balaban J connectivity index is 1.35. The van der Waals surface area contributed by atoms with Crippen LogP contribution in [0.5, 0.6) is 5.75 Å². The number of aryl methyl sites for hydroxylation is 1. The van der Waals surface area contributed by atoms with Gasteiger partial charge in [0.15, 0.2) is 5.65 Å². The lowest BCUT2D eigenvalue weighted by atomic mass is 9.94. The minimum absolute atomic E-state index is 0.0670. The molecule has 2 fully saturated rings. The smallest absolute Gasteiger partial charge is 0.410 e. The number of aromatic nitrogens is 3. The number of fused-ring (bicyclic) bond motifs is 1. The maximum absolute atomic E-state index is 14.8. The van der Waals surface area contributed by atoms with E-state index in [1.54, 1.807) is 11.8 Å². The second-order valence-corrected chi connectivity index (χ2v) is 11.3. The van der Waals surface area contributed by atoms with E-state index < -0.39 is 11.4 Å². The van der Waals surface area contributed by atoms with E-state index in [-0.39, 0.29) is 52.4 Å². The molecule has 1 aliphatic heterocycles. The number of ether oxygens (including phenoxy) is 1. The molecule has 10 nitrogen and oxygen atoms in total. The van der Waals surface area contributed by atoms with Crippen molar-refractivity contribution in [2.45, 2.75) is 64.5 Å². The molecule has 1 aromatic carbocycles. The summed E-state index contributed by atoms with van der Waals surface area (Å²) in [5.41, 5.74) is 1.54. The largest absolute Gasteiger partial charge is 0.508 e. The summed E-state index contributed by atoms with van der Waals surface area (Å²) in [5.74, 6) is -1.64. The number of amides is 2. The van der Waals surface area contributed by atoms with E-state index in [1.165, 1.54) is 12.1 Å². The Morgan fingerprint density at radius 1 is 1.28 bits per heavy atom. The van der Waals surface area contributed by atoms with Gasteiger partial charge in [0, 0.05) is 42.1 Å². The molecular formula is C28H31FN6O4. The molecule has 1 aliphatic carbocycles. The van der Waals surface area contributed by atoms with Gasteiger partial charge in [-0.3, -0.25) is 9.89 Å². The number of nitrogens with one attached hydrogen (secondary N) is 2. The summed E-state index contributed by atoms with van der Waals surface area (Å²) >= 11 is 0. The van der Waals surface area contributed by atoms with Crippen molar-refractivity contribution in [3.8, 4) is 23.1 Å². The molecule has 5 rings (SSSR count). The fraction of sp³-hybridized carbons (Fsp3) is 0.464. The van der Waals surface area contributed by atoms with Gasteiger partial charge in [-0.05, 0) is 70.6 Å². The minimum atomic E-state index is -0.705. The first-order chi connectivity index (χ1) is 18.5. The zero-order chi connectivity index (χ0) is 28.1. The van der Waals surface area contributed by atoms with Gasteiger partial charge >= 0.3 is 6.09 Å². The van der Waals surface area contributed by atoms with Crippen molar-refractivity contribution in [2.75, 3.05) is 13.1 Å². The van der Waals surface area contributed by atoms with Gasteiger partial charge in [0.25, 0.3) is 0 Å². The molecule has 2 aromatic heterocycles. The minimum Gasteiger partial charge on any atom is -0.508 e. The van der Waals surface area contributed by atoms with Crippen LogP contribution in [-0.2, 0) is 9.53 Å². The fourth-order valence-electron chi connectivity index (χ4n) is 5.26. The number of H-pyrrole nitrogens is 1. The normalized spacial score (nSPS) is 19.5. The highest BCUT2D eigenvalue weighted by molar-refractivity contribution is 5.92. The number of benzene rings is 1. The summed E-state index contributed by atoms with van der Waals surface area (Å²) in [7, 11) is 0. The lowest BCUT2D eigenvalue weighted by Gasteiger charge is -2.33. The molecule has 11 heteroatoms. The van der Waals surface area contributed by atoms with Crippen LogP contribution >= 0.6 is 0 Å². The number of nitriles is 1. The number of aromatic hydroxyl groups is 1. The van der Waals surface area contributed by atoms with Crippen LogP contribution in [0.2, 0.25) is 0 Å². The molecule has 0 unspecified atom stereocenters. The highest BCUT2D eigenvalue weighted by atomic mass is 19.1. The third-order valence-corrected chi connectivity index (χ3v) is 7.24. The number of rotatable bonds is 4. The van der Waals surface area contributed by atoms with Crippen molar-refractivity contribution in [3.63, 3.8) is 0 Å². The van der Waals surface area contributed by atoms with Crippen LogP contribution in [0, 0.1) is 30.0 Å². The summed E-state index contributed by atoms with van der Waals surface area (Å²) in [6.45, 7) is 8.26. The number of phenolic OH excluding ortho intramolecular Hbond substituents is 1. The van der Waals surface area contributed by atoms with Crippen molar-refractivity contribution >= 4 is 23.0 Å².